The van der Waals surface area contributed by atoms with Crippen molar-refractivity contribution in [1.82, 2.24) is 15.1 Å². The zero-order valence-corrected chi connectivity index (χ0v) is 11.8. The SMILES string of the molecule is CCCNC(Cc1cnn(CC)c1)c1ccccc1. The molecular weight excluding hydrogens is 234 g/mol. The van der Waals surface area contributed by atoms with Gasteiger partial charge in [-0.1, -0.05) is 37.3 Å². The van der Waals surface area contributed by atoms with E-state index in [1.807, 2.05) is 10.9 Å². The van der Waals surface area contributed by atoms with Gasteiger partial charge in [0.2, 0.25) is 0 Å². The van der Waals surface area contributed by atoms with Gasteiger partial charge in [0.15, 0.2) is 0 Å². The van der Waals surface area contributed by atoms with E-state index < -0.39 is 0 Å². The highest BCUT2D eigenvalue weighted by Crippen LogP contribution is 2.18. The molecule has 0 saturated heterocycles. The molecule has 19 heavy (non-hydrogen) atoms. The number of hydrogen-bond acceptors (Lipinski definition) is 2. The molecule has 2 aromatic rings. The van der Waals surface area contributed by atoms with Crippen LogP contribution in [0.2, 0.25) is 0 Å². The number of hydrogen-bond donors (Lipinski definition) is 1. The second-order valence-corrected chi connectivity index (χ2v) is 4.83. The van der Waals surface area contributed by atoms with Crippen molar-refractivity contribution >= 4 is 0 Å². The third kappa shape index (κ3) is 3.93. The molecular formula is C16H23N3. The van der Waals surface area contributed by atoms with Crippen LogP contribution in [0.1, 0.15) is 37.4 Å². The van der Waals surface area contributed by atoms with Gasteiger partial charge in [0.25, 0.3) is 0 Å². The Morgan fingerprint density at radius 3 is 2.63 bits per heavy atom. The summed E-state index contributed by atoms with van der Waals surface area (Å²) >= 11 is 0. The quantitative estimate of drug-likeness (QED) is 0.825. The van der Waals surface area contributed by atoms with Crippen molar-refractivity contribution in [1.29, 1.82) is 0 Å². The fourth-order valence-electron chi connectivity index (χ4n) is 2.23. The molecule has 0 saturated carbocycles. The van der Waals surface area contributed by atoms with Gasteiger partial charge in [-0.25, -0.2) is 0 Å². The van der Waals surface area contributed by atoms with Crippen molar-refractivity contribution in [3.8, 4) is 0 Å². The van der Waals surface area contributed by atoms with Gasteiger partial charge < -0.3 is 5.32 Å². The highest BCUT2D eigenvalue weighted by Gasteiger charge is 2.12. The number of aromatic nitrogens is 2. The van der Waals surface area contributed by atoms with Gasteiger partial charge in [0.1, 0.15) is 0 Å². The summed E-state index contributed by atoms with van der Waals surface area (Å²) in [6.45, 7) is 6.28. The molecule has 0 spiro atoms. The molecule has 102 valence electrons. The minimum absolute atomic E-state index is 0.371. The van der Waals surface area contributed by atoms with E-state index in [0.29, 0.717) is 6.04 Å². The van der Waals surface area contributed by atoms with Crippen LogP contribution in [-0.4, -0.2) is 16.3 Å². The summed E-state index contributed by atoms with van der Waals surface area (Å²) in [6, 6.07) is 11.0. The van der Waals surface area contributed by atoms with E-state index in [1.165, 1.54) is 11.1 Å². The molecule has 0 aliphatic heterocycles. The first-order valence-corrected chi connectivity index (χ1v) is 7.13. The first kappa shape index (κ1) is 13.8. The van der Waals surface area contributed by atoms with E-state index in [9.17, 15) is 0 Å². The molecule has 0 amide bonds. The summed E-state index contributed by atoms with van der Waals surface area (Å²) in [7, 11) is 0. The number of nitrogens with zero attached hydrogens (tertiary/aromatic N) is 2. The van der Waals surface area contributed by atoms with Crippen LogP contribution in [0.15, 0.2) is 42.7 Å². The Kier molecular flexibility index (Phi) is 5.16. The molecule has 1 unspecified atom stereocenters. The maximum absolute atomic E-state index is 4.35. The van der Waals surface area contributed by atoms with Gasteiger partial charge in [0, 0.05) is 18.8 Å². The smallest absolute Gasteiger partial charge is 0.0522 e. The molecule has 0 fully saturated rings. The highest BCUT2D eigenvalue weighted by atomic mass is 15.3. The van der Waals surface area contributed by atoms with Crippen LogP contribution in [0.3, 0.4) is 0 Å². The molecule has 0 aliphatic rings. The molecule has 0 radical (unpaired) electrons. The van der Waals surface area contributed by atoms with Crippen molar-refractivity contribution < 1.29 is 0 Å². The number of benzene rings is 1. The van der Waals surface area contributed by atoms with Crippen molar-refractivity contribution in [3.05, 3.63) is 53.9 Å². The second-order valence-electron chi connectivity index (χ2n) is 4.83. The van der Waals surface area contributed by atoms with Crippen LogP contribution in [-0.2, 0) is 13.0 Å². The summed E-state index contributed by atoms with van der Waals surface area (Å²) in [6.07, 6.45) is 6.26. The van der Waals surface area contributed by atoms with Gasteiger partial charge in [-0.05, 0) is 37.4 Å². The van der Waals surface area contributed by atoms with Crippen molar-refractivity contribution in [2.45, 2.75) is 39.3 Å². The third-order valence-corrected chi connectivity index (χ3v) is 3.29. The zero-order valence-electron chi connectivity index (χ0n) is 11.8. The van der Waals surface area contributed by atoms with E-state index in [2.05, 4.69) is 60.8 Å². The lowest BCUT2D eigenvalue weighted by Gasteiger charge is -2.18. The largest absolute Gasteiger partial charge is 0.310 e. The molecule has 3 heteroatoms. The summed E-state index contributed by atoms with van der Waals surface area (Å²) in [4.78, 5) is 0. The van der Waals surface area contributed by atoms with Gasteiger partial charge in [-0.15, -0.1) is 0 Å². The fraction of sp³-hybridized carbons (Fsp3) is 0.438. The molecule has 1 aromatic heterocycles. The van der Waals surface area contributed by atoms with Crippen LogP contribution in [0.4, 0.5) is 0 Å². The second kappa shape index (κ2) is 7.10. The fourth-order valence-corrected chi connectivity index (χ4v) is 2.23. The lowest BCUT2D eigenvalue weighted by atomic mass is 10.0. The van der Waals surface area contributed by atoms with Crippen LogP contribution < -0.4 is 5.32 Å². The van der Waals surface area contributed by atoms with E-state index in [-0.39, 0.29) is 0 Å². The van der Waals surface area contributed by atoms with E-state index in [0.717, 1.165) is 25.9 Å². The van der Waals surface area contributed by atoms with E-state index in [1.54, 1.807) is 0 Å². The summed E-state index contributed by atoms with van der Waals surface area (Å²) in [5.74, 6) is 0. The molecule has 1 N–H and O–H groups in total. The predicted molar refractivity (Wildman–Crippen MR) is 79.1 cm³/mol. The first-order chi connectivity index (χ1) is 9.33. The topological polar surface area (TPSA) is 29.9 Å². The van der Waals surface area contributed by atoms with Crippen molar-refractivity contribution in [2.24, 2.45) is 0 Å². The summed E-state index contributed by atoms with van der Waals surface area (Å²) in [5, 5.41) is 7.98. The Balaban J connectivity index is 2.09. The van der Waals surface area contributed by atoms with Crippen LogP contribution in [0, 0.1) is 0 Å². The Bertz CT molecular complexity index is 476. The Morgan fingerprint density at radius 2 is 2.00 bits per heavy atom. The predicted octanol–water partition coefficient (Wildman–Crippen LogP) is 3.19. The van der Waals surface area contributed by atoms with Crippen LogP contribution >= 0.6 is 0 Å². The minimum atomic E-state index is 0.371. The Morgan fingerprint density at radius 1 is 1.21 bits per heavy atom. The third-order valence-electron chi connectivity index (χ3n) is 3.29. The molecule has 1 heterocycles. The molecule has 2 rings (SSSR count). The Hall–Kier alpha value is -1.61. The number of nitrogens with one attached hydrogen (secondary N) is 1. The average molecular weight is 257 g/mol. The minimum Gasteiger partial charge on any atom is -0.310 e. The van der Waals surface area contributed by atoms with Crippen molar-refractivity contribution in [3.63, 3.8) is 0 Å². The maximum Gasteiger partial charge on any atom is 0.0522 e. The lowest BCUT2D eigenvalue weighted by molar-refractivity contribution is 0.529. The molecule has 1 aromatic carbocycles. The number of aryl methyl sites for hydroxylation is 1. The summed E-state index contributed by atoms with van der Waals surface area (Å²) < 4.78 is 1.98. The molecule has 3 nitrogen and oxygen atoms in total. The average Bonchev–Trinajstić information content (AvgIpc) is 2.92. The number of rotatable bonds is 7. The zero-order chi connectivity index (χ0) is 13.5. The molecule has 1 atom stereocenters. The van der Waals surface area contributed by atoms with E-state index in [4.69, 9.17) is 0 Å². The first-order valence-electron chi connectivity index (χ1n) is 7.13. The Labute approximate surface area is 115 Å². The van der Waals surface area contributed by atoms with Gasteiger partial charge in [-0.3, -0.25) is 4.68 Å². The van der Waals surface area contributed by atoms with Gasteiger partial charge in [-0.2, -0.15) is 5.10 Å². The van der Waals surface area contributed by atoms with E-state index >= 15 is 0 Å². The maximum atomic E-state index is 4.35. The van der Waals surface area contributed by atoms with Crippen LogP contribution in [0.25, 0.3) is 0 Å². The molecule has 0 aliphatic carbocycles. The summed E-state index contributed by atoms with van der Waals surface area (Å²) in [5.41, 5.74) is 2.64. The molecule has 0 bridgehead atoms. The standard InChI is InChI=1S/C16H23N3/c1-3-10-17-16(15-8-6-5-7-9-15)11-14-12-18-19(4-2)13-14/h5-9,12-13,16-17H,3-4,10-11H2,1-2H3. The normalized spacial score (nSPS) is 12.5. The van der Waals surface area contributed by atoms with Crippen molar-refractivity contribution in [2.75, 3.05) is 6.54 Å². The van der Waals surface area contributed by atoms with Crippen LogP contribution in [0.5, 0.6) is 0 Å². The highest BCUT2D eigenvalue weighted by molar-refractivity contribution is 5.21. The lowest BCUT2D eigenvalue weighted by Crippen LogP contribution is -2.23. The van der Waals surface area contributed by atoms with Gasteiger partial charge >= 0.3 is 0 Å². The monoisotopic (exact) mass is 257 g/mol. The van der Waals surface area contributed by atoms with Gasteiger partial charge in [0.05, 0.1) is 6.20 Å².